The van der Waals surface area contributed by atoms with Crippen molar-refractivity contribution in [2.75, 3.05) is 7.11 Å². The molecule has 0 bridgehead atoms. The van der Waals surface area contributed by atoms with Gasteiger partial charge in [-0.15, -0.1) is 0 Å². The van der Waals surface area contributed by atoms with Crippen LogP contribution in [0.2, 0.25) is 0 Å². The van der Waals surface area contributed by atoms with Gasteiger partial charge in [0, 0.05) is 31.0 Å². The van der Waals surface area contributed by atoms with Crippen LogP contribution < -0.4 is 10.1 Å². The lowest BCUT2D eigenvalue weighted by Crippen LogP contribution is -2.14. The Morgan fingerprint density at radius 2 is 1.94 bits per heavy atom. The fourth-order valence-corrected chi connectivity index (χ4v) is 1.57. The Morgan fingerprint density at radius 3 is 2.71 bits per heavy atom. The number of hydrogen-bond donors (Lipinski definition) is 1. The van der Waals surface area contributed by atoms with Gasteiger partial charge in [-0.2, -0.15) is 0 Å². The van der Waals surface area contributed by atoms with Gasteiger partial charge in [0.25, 0.3) is 0 Å². The van der Waals surface area contributed by atoms with Crippen LogP contribution in [0.15, 0.2) is 42.7 Å². The van der Waals surface area contributed by atoms with Gasteiger partial charge in [0.1, 0.15) is 0 Å². The Kier molecular flexibility index (Phi) is 4.05. The summed E-state index contributed by atoms with van der Waals surface area (Å²) in [5, 5.41) is 3.31. The first-order valence-electron chi connectivity index (χ1n) is 5.48. The van der Waals surface area contributed by atoms with Crippen molar-refractivity contribution in [3.63, 3.8) is 0 Å². The van der Waals surface area contributed by atoms with Gasteiger partial charge in [0.15, 0.2) is 0 Å². The highest BCUT2D eigenvalue weighted by Crippen LogP contribution is 2.12. The van der Waals surface area contributed by atoms with Crippen LogP contribution in [0.1, 0.15) is 11.3 Å². The third-order valence-corrected chi connectivity index (χ3v) is 2.39. The zero-order valence-electron chi connectivity index (χ0n) is 9.76. The van der Waals surface area contributed by atoms with Crippen LogP contribution in [0.3, 0.4) is 0 Å². The molecule has 2 aromatic rings. The topological polar surface area (TPSA) is 47.0 Å². The molecule has 2 heterocycles. The van der Waals surface area contributed by atoms with E-state index in [0.717, 1.165) is 17.8 Å². The van der Waals surface area contributed by atoms with Gasteiger partial charge in [0.05, 0.1) is 12.8 Å². The molecule has 2 rings (SSSR count). The summed E-state index contributed by atoms with van der Waals surface area (Å²) in [7, 11) is 1.63. The predicted octanol–water partition coefficient (Wildman–Crippen LogP) is 1.77. The van der Waals surface area contributed by atoms with E-state index in [9.17, 15) is 0 Å². The maximum atomic E-state index is 5.18. The molecule has 0 radical (unpaired) electrons. The number of methoxy groups -OCH3 is 1. The van der Waals surface area contributed by atoms with Gasteiger partial charge in [-0.3, -0.25) is 4.98 Å². The van der Waals surface area contributed by atoms with Crippen LogP contribution >= 0.6 is 0 Å². The summed E-state index contributed by atoms with van der Waals surface area (Å²) in [6.45, 7) is 1.45. The van der Waals surface area contributed by atoms with Crippen LogP contribution in [-0.4, -0.2) is 17.1 Å². The fourth-order valence-electron chi connectivity index (χ4n) is 1.57. The highest BCUT2D eigenvalue weighted by molar-refractivity contribution is 5.25. The molecule has 0 saturated heterocycles. The molecule has 0 spiro atoms. The molecular weight excluding hydrogens is 214 g/mol. The molecule has 17 heavy (non-hydrogen) atoms. The molecule has 88 valence electrons. The largest absolute Gasteiger partial charge is 0.481 e. The zero-order valence-corrected chi connectivity index (χ0v) is 9.76. The third-order valence-electron chi connectivity index (χ3n) is 2.39. The third kappa shape index (κ3) is 3.26. The molecule has 0 aliphatic rings. The summed E-state index contributed by atoms with van der Waals surface area (Å²) in [4.78, 5) is 8.39. The Balaban J connectivity index is 1.90. The molecule has 0 aromatic carbocycles. The Bertz CT molecular complexity index is 459. The lowest BCUT2D eigenvalue weighted by molar-refractivity contribution is 0.390. The molecule has 0 atom stereocenters. The van der Waals surface area contributed by atoms with Crippen molar-refractivity contribution in [3.05, 3.63) is 54.0 Å². The van der Waals surface area contributed by atoms with Gasteiger partial charge in [0.2, 0.25) is 5.88 Å². The van der Waals surface area contributed by atoms with Gasteiger partial charge >= 0.3 is 0 Å². The Morgan fingerprint density at radius 1 is 1.06 bits per heavy atom. The average Bonchev–Trinajstić information content (AvgIpc) is 2.40. The number of nitrogens with one attached hydrogen (secondary N) is 1. The van der Waals surface area contributed by atoms with E-state index in [0.29, 0.717) is 12.4 Å². The summed E-state index contributed by atoms with van der Waals surface area (Å²) in [6.07, 6.45) is 3.52. The quantitative estimate of drug-likeness (QED) is 0.849. The molecule has 0 aliphatic heterocycles. The number of ether oxygens (including phenoxy) is 1. The van der Waals surface area contributed by atoms with Crippen molar-refractivity contribution in [1.29, 1.82) is 0 Å². The second kappa shape index (κ2) is 5.96. The summed E-state index contributed by atoms with van der Waals surface area (Å²) < 4.78 is 5.18. The SMILES string of the molecule is COc1ncccc1CNCc1ccccn1. The van der Waals surface area contributed by atoms with Crippen LogP contribution in [0.5, 0.6) is 5.88 Å². The lowest BCUT2D eigenvalue weighted by Gasteiger charge is -2.07. The van der Waals surface area contributed by atoms with E-state index in [-0.39, 0.29) is 0 Å². The molecule has 0 amide bonds. The molecule has 4 nitrogen and oxygen atoms in total. The van der Waals surface area contributed by atoms with Crippen molar-refractivity contribution in [3.8, 4) is 5.88 Å². The smallest absolute Gasteiger partial charge is 0.217 e. The van der Waals surface area contributed by atoms with E-state index in [1.807, 2.05) is 30.3 Å². The van der Waals surface area contributed by atoms with E-state index in [2.05, 4.69) is 15.3 Å². The predicted molar refractivity (Wildman–Crippen MR) is 65.6 cm³/mol. The average molecular weight is 229 g/mol. The second-order valence-corrected chi connectivity index (χ2v) is 3.60. The molecule has 4 heteroatoms. The number of pyridine rings is 2. The first-order chi connectivity index (χ1) is 8.40. The monoisotopic (exact) mass is 229 g/mol. The van der Waals surface area contributed by atoms with Crippen LogP contribution in [0.4, 0.5) is 0 Å². The van der Waals surface area contributed by atoms with Crippen molar-refractivity contribution in [1.82, 2.24) is 15.3 Å². The summed E-state index contributed by atoms with van der Waals surface area (Å²) in [6, 6.07) is 9.79. The molecule has 0 saturated carbocycles. The van der Waals surface area contributed by atoms with Crippen molar-refractivity contribution >= 4 is 0 Å². The number of aromatic nitrogens is 2. The van der Waals surface area contributed by atoms with Crippen LogP contribution in [-0.2, 0) is 13.1 Å². The van der Waals surface area contributed by atoms with Crippen molar-refractivity contribution in [2.24, 2.45) is 0 Å². The number of hydrogen-bond acceptors (Lipinski definition) is 4. The van der Waals surface area contributed by atoms with E-state index in [4.69, 9.17) is 4.74 Å². The summed E-state index contributed by atoms with van der Waals surface area (Å²) in [5.41, 5.74) is 2.07. The zero-order chi connectivity index (χ0) is 11.9. The van der Waals surface area contributed by atoms with E-state index >= 15 is 0 Å². The minimum absolute atomic E-state index is 0.668. The highest BCUT2D eigenvalue weighted by Gasteiger charge is 2.02. The van der Waals surface area contributed by atoms with E-state index in [1.165, 1.54) is 0 Å². The van der Waals surface area contributed by atoms with Crippen LogP contribution in [0, 0.1) is 0 Å². The summed E-state index contributed by atoms with van der Waals surface area (Å²) >= 11 is 0. The maximum absolute atomic E-state index is 5.18. The number of rotatable bonds is 5. The molecule has 0 aliphatic carbocycles. The molecule has 0 fully saturated rings. The van der Waals surface area contributed by atoms with Gasteiger partial charge in [-0.25, -0.2) is 4.98 Å². The molecule has 0 unspecified atom stereocenters. The normalized spacial score (nSPS) is 10.2. The lowest BCUT2D eigenvalue weighted by atomic mass is 10.2. The molecule has 2 aromatic heterocycles. The number of nitrogens with zero attached hydrogens (tertiary/aromatic N) is 2. The molecule has 1 N–H and O–H groups in total. The van der Waals surface area contributed by atoms with Crippen LogP contribution in [0.25, 0.3) is 0 Å². The highest BCUT2D eigenvalue weighted by atomic mass is 16.5. The minimum Gasteiger partial charge on any atom is -0.481 e. The fraction of sp³-hybridized carbons (Fsp3) is 0.231. The van der Waals surface area contributed by atoms with Crippen molar-refractivity contribution in [2.45, 2.75) is 13.1 Å². The van der Waals surface area contributed by atoms with E-state index in [1.54, 1.807) is 19.5 Å². The first-order valence-corrected chi connectivity index (χ1v) is 5.48. The minimum atomic E-state index is 0.668. The van der Waals surface area contributed by atoms with E-state index < -0.39 is 0 Å². The van der Waals surface area contributed by atoms with Gasteiger partial charge in [-0.1, -0.05) is 12.1 Å². The van der Waals surface area contributed by atoms with Crippen molar-refractivity contribution < 1.29 is 4.74 Å². The van der Waals surface area contributed by atoms with Gasteiger partial charge in [-0.05, 0) is 18.2 Å². The Hall–Kier alpha value is -1.94. The standard InChI is InChI=1S/C13H15N3O/c1-17-13-11(5-4-8-16-13)9-14-10-12-6-2-3-7-15-12/h2-8,14H,9-10H2,1H3. The summed E-state index contributed by atoms with van der Waals surface area (Å²) in [5.74, 6) is 0.668. The van der Waals surface area contributed by atoms with Gasteiger partial charge < -0.3 is 10.1 Å². The first kappa shape index (κ1) is 11.5. The second-order valence-electron chi connectivity index (χ2n) is 3.60. The Labute approximate surface area is 101 Å². The maximum Gasteiger partial charge on any atom is 0.217 e. The molecular formula is C13H15N3O.